The van der Waals surface area contributed by atoms with Gasteiger partial charge in [-0.25, -0.2) is 14.0 Å². The summed E-state index contributed by atoms with van der Waals surface area (Å²) in [6.45, 7) is 0. The number of urea groups is 1. The molecule has 0 spiro atoms. The number of halogens is 1. The second kappa shape index (κ2) is 7.49. The zero-order valence-electron chi connectivity index (χ0n) is 10.6. The van der Waals surface area contributed by atoms with Crippen molar-refractivity contribution in [2.45, 2.75) is 11.3 Å². The first-order chi connectivity index (χ1) is 9.43. The summed E-state index contributed by atoms with van der Waals surface area (Å²) in [6, 6.07) is 2.83. The van der Waals surface area contributed by atoms with Gasteiger partial charge in [0, 0.05) is 24.1 Å². The third-order valence-electron chi connectivity index (χ3n) is 2.24. The fraction of sp³-hybridized carbons (Fsp3) is 0.250. The number of carboxylic acids is 1. The first kappa shape index (κ1) is 16.0. The minimum Gasteiger partial charge on any atom is -0.478 e. The lowest BCUT2D eigenvalue weighted by molar-refractivity contribution is -0.119. The predicted molar refractivity (Wildman–Crippen MR) is 71.3 cm³/mol. The molecule has 8 heteroatoms. The molecule has 0 aromatic heterocycles. The highest BCUT2D eigenvalue weighted by Gasteiger charge is 2.10. The second-order valence-electron chi connectivity index (χ2n) is 3.68. The third-order valence-corrected chi connectivity index (χ3v) is 3.28. The van der Waals surface area contributed by atoms with Gasteiger partial charge < -0.3 is 10.4 Å². The Labute approximate surface area is 118 Å². The fourth-order valence-electron chi connectivity index (χ4n) is 1.25. The van der Waals surface area contributed by atoms with Crippen LogP contribution >= 0.6 is 11.8 Å². The number of carbonyl (C=O) groups is 3. The normalized spacial score (nSPS) is 9.90. The number of imide groups is 1. The molecule has 0 fully saturated rings. The number of aromatic carboxylic acids is 1. The van der Waals surface area contributed by atoms with Gasteiger partial charge in [0.15, 0.2) is 0 Å². The highest BCUT2D eigenvalue weighted by atomic mass is 32.2. The smallest absolute Gasteiger partial charge is 0.335 e. The topological polar surface area (TPSA) is 95.5 Å². The Balaban J connectivity index is 2.53. The average molecular weight is 300 g/mol. The van der Waals surface area contributed by atoms with Crippen molar-refractivity contribution in [2.24, 2.45) is 0 Å². The molecular weight excluding hydrogens is 287 g/mol. The quantitative estimate of drug-likeness (QED) is 0.716. The maximum Gasteiger partial charge on any atom is 0.335 e. The maximum absolute atomic E-state index is 13.4. The zero-order valence-corrected chi connectivity index (χ0v) is 11.4. The molecule has 6 nitrogen and oxygen atoms in total. The van der Waals surface area contributed by atoms with Crippen LogP contribution in [0.5, 0.6) is 0 Å². The Morgan fingerprint density at radius 1 is 1.35 bits per heavy atom. The number of amides is 3. The zero-order chi connectivity index (χ0) is 15.1. The van der Waals surface area contributed by atoms with E-state index in [2.05, 4.69) is 10.6 Å². The molecule has 0 bridgehead atoms. The lowest BCUT2D eigenvalue weighted by atomic mass is 10.2. The Kier molecular flexibility index (Phi) is 5.98. The summed E-state index contributed by atoms with van der Waals surface area (Å²) in [5.41, 5.74) is -0.0243. The van der Waals surface area contributed by atoms with Crippen LogP contribution in [0.2, 0.25) is 0 Å². The molecular formula is C12H13FN2O4S. The number of carboxylic acid groups (broad SMARTS) is 1. The van der Waals surface area contributed by atoms with E-state index in [0.29, 0.717) is 0 Å². The van der Waals surface area contributed by atoms with E-state index < -0.39 is 23.7 Å². The summed E-state index contributed by atoms with van der Waals surface area (Å²) in [4.78, 5) is 33.1. The van der Waals surface area contributed by atoms with Gasteiger partial charge in [0.05, 0.1) is 5.56 Å². The van der Waals surface area contributed by atoms with E-state index in [1.807, 2.05) is 0 Å². The summed E-state index contributed by atoms with van der Waals surface area (Å²) >= 11 is 1.01. The van der Waals surface area contributed by atoms with Crippen LogP contribution in [0.3, 0.4) is 0 Å². The lowest BCUT2D eigenvalue weighted by Gasteiger charge is -2.05. The monoisotopic (exact) mass is 300 g/mol. The molecule has 0 aliphatic heterocycles. The molecule has 0 atom stereocenters. The largest absolute Gasteiger partial charge is 0.478 e. The van der Waals surface area contributed by atoms with Gasteiger partial charge in [-0.1, -0.05) is 0 Å². The van der Waals surface area contributed by atoms with Crippen LogP contribution in [-0.2, 0) is 4.79 Å². The van der Waals surface area contributed by atoms with Crippen molar-refractivity contribution in [2.75, 3.05) is 12.8 Å². The fourth-order valence-corrected chi connectivity index (χ4v) is 2.18. The number of hydrogen-bond acceptors (Lipinski definition) is 4. The summed E-state index contributed by atoms with van der Waals surface area (Å²) < 4.78 is 13.4. The molecule has 0 heterocycles. The van der Waals surface area contributed by atoms with Gasteiger partial charge in [-0.15, -0.1) is 11.8 Å². The van der Waals surface area contributed by atoms with Crippen LogP contribution in [0.1, 0.15) is 16.8 Å². The molecule has 108 valence electrons. The van der Waals surface area contributed by atoms with Gasteiger partial charge in [0.25, 0.3) is 0 Å². The number of carbonyl (C=O) groups excluding carboxylic acids is 2. The molecule has 3 amide bonds. The minimum atomic E-state index is -1.15. The molecule has 0 radical (unpaired) electrons. The van der Waals surface area contributed by atoms with E-state index in [1.165, 1.54) is 19.2 Å². The molecule has 1 aromatic rings. The van der Waals surface area contributed by atoms with E-state index in [-0.39, 0.29) is 22.6 Å². The lowest BCUT2D eigenvalue weighted by Crippen LogP contribution is -2.37. The molecule has 20 heavy (non-hydrogen) atoms. The van der Waals surface area contributed by atoms with Crippen LogP contribution in [0, 0.1) is 5.82 Å². The number of benzene rings is 1. The maximum atomic E-state index is 13.4. The van der Waals surface area contributed by atoms with Crippen LogP contribution in [0.4, 0.5) is 9.18 Å². The first-order valence-electron chi connectivity index (χ1n) is 5.61. The molecule has 0 saturated carbocycles. The molecule has 1 aromatic carbocycles. The van der Waals surface area contributed by atoms with Crippen LogP contribution in [0.25, 0.3) is 0 Å². The van der Waals surface area contributed by atoms with Gasteiger partial charge in [0.1, 0.15) is 5.82 Å². The second-order valence-corrected chi connectivity index (χ2v) is 4.81. The Hall–Kier alpha value is -2.09. The van der Waals surface area contributed by atoms with Crippen LogP contribution in [-0.4, -0.2) is 35.8 Å². The van der Waals surface area contributed by atoms with E-state index in [0.717, 1.165) is 17.8 Å². The van der Waals surface area contributed by atoms with E-state index in [1.54, 1.807) is 0 Å². The van der Waals surface area contributed by atoms with Gasteiger partial charge in [-0.3, -0.25) is 10.1 Å². The van der Waals surface area contributed by atoms with Gasteiger partial charge >= 0.3 is 12.0 Å². The van der Waals surface area contributed by atoms with Gasteiger partial charge in [-0.2, -0.15) is 0 Å². The minimum absolute atomic E-state index is 0.00876. The number of thioether (sulfide) groups is 1. The highest BCUT2D eigenvalue weighted by Crippen LogP contribution is 2.23. The summed E-state index contributed by atoms with van der Waals surface area (Å²) in [7, 11) is 1.38. The van der Waals surface area contributed by atoms with Crippen molar-refractivity contribution >= 4 is 29.7 Å². The van der Waals surface area contributed by atoms with Crippen molar-refractivity contribution in [3.8, 4) is 0 Å². The van der Waals surface area contributed by atoms with E-state index in [9.17, 15) is 18.8 Å². The van der Waals surface area contributed by atoms with Crippen molar-refractivity contribution in [1.82, 2.24) is 10.6 Å². The SMILES string of the molecule is CNC(=O)NC(=O)CCSc1cc(C(=O)O)ccc1F. The first-order valence-corrected chi connectivity index (χ1v) is 6.59. The molecule has 1 rings (SSSR count). The number of nitrogens with one attached hydrogen (secondary N) is 2. The van der Waals surface area contributed by atoms with E-state index >= 15 is 0 Å². The number of hydrogen-bond donors (Lipinski definition) is 3. The predicted octanol–water partition coefficient (Wildman–Crippen LogP) is 1.46. The Morgan fingerprint density at radius 3 is 2.65 bits per heavy atom. The summed E-state index contributed by atoms with van der Waals surface area (Å²) in [5, 5.41) is 13.1. The Bertz CT molecular complexity index is 536. The third kappa shape index (κ3) is 4.88. The molecule has 0 unspecified atom stereocenters. The van der Waals surface area contributed by atoms with Crippen molar-refractivity contribution in [3.05, 3.63) is 29.6 Å². The number of rotatable bonds is 5. The van der Waals surface area contributed by atoms with Gasteiger partial charge in [-0.05, 0) is 18.2 Å². The Morgan fingerprint density at radius 2 is 2.05 bits per heavy atom. The standard InChI is InChI=1S/C12H13FN2O4S/c1-14-12(19)15-10(16)4-5-20-9-6-7(11(17)18)2-3-8(9)13/h2-3,6H,4-5H2,1H3,(H,17,18)(H2,14,15,16,19). The highest BCUT2D eigenvalue weighted by molar-refractivity contribution is 7.99. The molecule has 3 N–H and O–H groups in total. The average Bonchev–Trinajstić information content (AvgIpc) is 2.40. The van der Waals surface area contributed by atoms with Gasteiger partial charge in [0.2, 0.25) is 5.91 Å². The summed E-state index contributed by atoms with van der Waals surface area (Å²) in [5.74, 6) is -1.97. The molecule has 0 saturated heterocycles. The van der Waals surface area contributed by atoms with Crippen molar-refractivity contribution < 1.29 is 23.9 Å². The van der Waals surface area contributed by atoms with E-state index in [4.69, 9.17) is 5.11 Å². The van der Waals surface area contributed by atoms with Crippen molar-refractivity contribution in [3.63, 3.8) is 0 Å². The van der Waals surface area contributed by atoms with Crippen molar-refractivity contribution in [1.29, 1.82) is 0 Å². The summed E-state index contributed by atoms with van der Waals surface area (Å²) in [6.07, 6.45) is 0.00876. The molecule has 0 aliphatic rings. The molecule has 0 aliphatic carbocycles. The van der Waals surface area contributed by atoms with Crippen LogP contribution in [0.15, 0.2) is 23.1 Å². The van der Waals surface area contributed by atoms with Crippen LogP contribution < -0.4 is 10.6 Å².